The van der Waals surface area contributed by atoms with Crippen molar-refractivity contribution in [1.82, 2.24) is 9.80 Å². The van der Waals surface area contributed by atoms with Crippen LogP contribution in [0.3, 0.4) is 0 Å². The third kappa shape index (κ3) is 5.50. The molecular formula is C38H42N2O6. The van der Waals surface area contributed by atoms with Gasteiger partial charge in [0, 0.05) is 30.7 Å². The van der Waals surface area contributed by atoms with Crippen molar-refractivity contribution in [1.29, 1.82) is 0 Å². The number of aromatic hydroxyl groups is 1. The molecule has 8 bridgehead atoms. The zero-order valence-corrected chi connectivity index (χ0v) is 27.3. The zero-order chi connectivity index (χ0) is 31.9. The van der Waals surface area contributed by atoms with E-state index in [0.29, 0.717) is 47.5 Å². The van der Waals surface area contributed by atoms with E-state index in [1.54, 1.807) is 21.3 Å². The van der Waals surface area contributed by atoms with Gasteiger partial charge in [0.25, 0.3) is 0 Å². The van der Waals surface area contributed by atoms with Crippen LogP contribution in [0.1, 0.15) is 51.0 Å². The number of ether oxygens (including phenoxy) is 5. The number of benzene rings is 4. The number of fused-ring (bicyclic) bond motifs is 3. The maximum Gasteiger partial charge on any atom is 0.204 e. The van der Waals surface area contributed by atoms with E-state index in [1.165, 1.54) is 16.7 Å². The predicted molar refractivity (Wildman–Crippen MR) is 177 cm³/mol. The van der Waals surface area contributed by atoms with E-state index in [1.807, 2.05) is 18.2 Å². The third-order valence-corrected chi connectivity index (χ3v) is 9.93. The smallest absolute Gasteiger partial charge is 0.204 e. The molecule has 0 spiro atoms. The number of hydrogen-bond donors (Lipinski definition) is 1. The highest BCUT2D eigenvalue weighted by Crippen LogP contribution is 2.49. The van der Waals surface area contributed by atoms with Crippen LogP contribution in [0.15, 0.2) is 60.7 Å². The summed E-state index contributed by atoms with van der Waals surface area (Å²) >= 11 is 0. The van der Waals surface area contributed by atoms with Gasteiger partial charge in [0.05, 0.1) is 21.3 Å². The Kier molecular flexibility index (Phi) is 8.17. The lowest BCUT2D eigenvalue weighted by Gasteiger charge is -2.36. The van der Waals surface area contributed by atoms with E-state index in [9.17, 15) is 5.11 Å². The minimum Gasteiger partial charge on any atom is -0.504 e. The number of nitrogens with zero attached hydrogens (tertiary/aromatic N) is 2. The van der Waals surface area contributed by atoms with Gasteiger partial charge in [-0.05, 0) is 103 Å². The molecule has 240 valence electrons. The number of phenols is 1. The van der Waals surface area contributed by atoms with Gasteiger partial charge >= 0.3 is 0 Å². The Bertz CT molecular complexity index is 1750. The highest BCUT2D eigenvalue weighted by atomic mass is 16.5. The van der Waals surface area contributed by atoms with Crippen LogP contribution >= 0.6 is 0 Å². The van der Waals surface area contributed by atoms with Gasteiger partial charge in [-0.15, -0.1) is 0 Å². The second-order valence-electron chi connectivity index (χ2n) is 12.6. The Morgan fingerprint density at radius 3 is 2.02 bits per heavy atom. The maximum atomic E-state index is 11.8. The second kappa shape index (κ2) is 12.4. The largest absolute Gasteiger partial charge is 0.504 e. The van der Waals surface area contributed by atoms with Crippen molar-refractivity contribution in [2.24, 2.45) is 0 Å². The minimum atomic E-state index is -0.0855. The first kappa shape index (κ1) is 30.3. The molecule has 4 aliphatic rings. The van der Waals surface area contributed by atoms with Crippen LogP contribution in [0.5, 0.6) is 40.2 Å². The molecule has 8 nitrogen and oxygen atoms in total. The number of methoxy groups -OCH3 is 3. The molecule has 1 unspecified atom stereocenters. The molecule has 4 aromatic carbocycles. The van der Waals surface area contributed by atoms with Gasteiger partial charge in [0.2, 0.25) is 5.75 Å². The summed E-state index contributed by atoms with van der Waals surface area (Å²) in [4.78, 5) is 4.71. The average Bonchev–Trinajstić information content (AvgIpc) is 3.07. The molecule has 4 aromatic rings. The first-order valence-corrected chi connectivity index (χ1v) is 16.0. The zero-order valence-electron chi connectivity index (χ0n) is 27.3. The van der Waals surface area contributed by atoms with E-state index in [2.05, 4.69) is 66.4 Å². The molecule has 0 radical (unpaired) electrons. The lowest BCUT2D eigenvalue weighted by atomic mass is 9.87. The van der Waals surface area contributed by atoms with Crippen molar-refractivity contribution in [3.63, 3.8) is 0 Å². The molecule has 46 heavy (non-hydrogen) atoms. The number of rotatable bonds is 3. The van der Waals surface area contributed by atoms with Gasteiger partial charge in [-0.25, -0.2) is 0 Å². The van der Waals surface area contributed by atoms with Gasteiger partial charge in [-0.2, -0.15) is 0 Å². The summed E-state index contributed by atoms with van der Waals surface area (Å²) < 4.78 is 30.4. The van der Waals surface area contributed by atoms with Crippen molar-refractivity contribution in [2.75, 3.05) is 48.5 Å². The van der Waals surface area contributed by atoms with Crippen molar-refractivity contribution in [2.45, 2.75) is 44.4 Å². The summed E-state index contributed by atoms with van der Waals surface area (Å²) in [6, 6.07) is 21.0. The molecule has 2 atom stereocenters. The molecule has 4 heterocycles. The van der Waals surface area contributed by atoms with Crippen LogP contribution < -0.4 is 23.7 Å². The Labute approximate surface area is 271 Å². The standard InChI is InChI=1S/C38H42N2O6/c1-39-14-12-26-19-32(43-4)34-21-28(26)29(39)16-23-6-8-24(9-7-23)22-45-38-35(44-5)20-27-13-15-40(2)30(36(27)37(38)41)17-25-10-11-31(42-3)33(18-25)46-34/h6-11,18-21,29-30,41H,12-17,22H2,1-5H3/t29?,30-/m0/s1. The summed E-state index contributed by atoms with van der Waals surface area (Å²) in [6.07, 6.45) is 3.25. The summed E-state index contributed by atoms with van der Waals surface area (Å²) in [6.45, 7) is 2.14. The molecule has 1 N–H and O–H groups in total. The fraction of sp³-hybridized carbons (Fsp3) is 0.368. The molecule has 0 saturated heterocycles. The van der Waals surface area contributed by atoms with Gasteiger partial charge < -0.3 is 28.8 Å². The lowest BCUT2D eigenvalue weighted by molar-refractivity contribution is 0.216. The van der Waals surface area contributed by atoms with Crippen LogP contribution in [0.25, 0.3) is 0 Å². The van der Waals surface area contributed by atoms with Crippen LogP contribution in [0.4, 0.5) is 0 Å². The van der Waals surface area contributed by atoms with E-state index >= 15 is 0 Å². The Morgan fingerprint density at radius 1 is 0.674 bits per heavy atom. The molecule has 0 aliphatic carbocycles. The molecule has 0 saturated carbocycles. The lowest BCUT2D eigenvalue weighted by Crippen LogP contribution is -2.33. The highest BCUT2D eigenvalue weighted by Gasteiger charge is 2.33. The van der Waals surface area contributed by atoms with E-state index in [-0.39, 0.29) is 17.8 Å². The third-order valence-electron chi connectivity index (χ3n) is 9.93. The Balaban J connectivity index is 1.38. The predicted octanol–water partition coefficient (Wildman–Crippen LogP) is 6.65. The molecule has 0 fully saturated rings. The maximum absolute atomic E-state index is 11.8. The van der Waals surface area contributed by atoms with Gasteiger partial charge in [0.1, 0.15) is 6.61 Å². The van der Waals surface area contributed by atoms with Crippen molar-refractivity contribution in [3.8, 4) is 40.2 Å². The molecule has 0 amide bonds. The first-order chi connectivity index (χ1) is 22.4. The topological polar surface area (TPSA) is 72.9 Å². The van der Waals surface area contributed by atoms with E-state index in [4.69, 9.17) is 23.7 Å². The second-order valence-corrected chi connectivity index (χ2v) is 12.6. The molecule has 0 aromatic heterocycles. The van der Waals surface area contributed by atoms with Crippen LogP contribution in [0, 0.1) is 0 Å². The van der Waals surface area contributed by atoms with Crippen molar-refractivity contribution < 1.29 is 28.8 Å². The minimum absolute atomic E-state index is 0.0855. The Morgan fingerprint density at radius 2 is 1.28 bits per heavy atom. The summed E-state index contributed by atoms with van der Waals surface area (Å²) in [5.74, 6) is 3.68. The molecular weight excluding hydrogens is 580 g/mol. The van der Waals surface area contributed by atoms with Crippen LogP contribution in [-0.4, -0.2) is 63.4 Å². The number of hydrogen-bond acceptors (Lipinski definition) is 8. The molecule has 8 rings (SSSR count). The van der Waals surface area contributed by atoms with Gasteiger partial charge in [-0.3, -0.25) is 9.80 Å². The quantitative estimate of drug-likeness (QED) is 0.273. The summed E-state index contributed by atoms with van der Waals surface area (Å²) in [7, 11) is 9.26. The van der Waals surface area contributed by atoms with Crippen LogP contribution in [0.2, 0.25) is 0 Å². The molecule has 8 heteroatoms. The van der Waals surface area contributed by atoms with Crippen LogP contribution in [-0.2, 0) is 32.3 Å². The number of phenolic OH excluding ortho intramolecular Hbond substituents is 1. The SMILES string of the molecule is COc1ccc2cc1Oc1cc3c(cc1OC)CCN(C)C3Cc1ccc(cc1)COc1c(OC)cc3c(c1O)[C@H](C2)N(C)CC3. The fourth-order valence-electron chi connectivity index (χ4n) is 7.25. The van der Waals surface area contributed by atoms with E-state index < -0.39 is 0 Å². The monoisotopic (exact) mass is 622 g/mol. The normalized spacial score (nSPS) is 19.5. The Hall–Kier alpha value is -4.40. The molecule has 4 aliphatic heterocycles. The summed E-state index contributed by atoms with van der Waals surface area (Å²) in [5, 5.41) is 11.8. The fourth-order valence-corrected chi connectivity index (χ4v) is 7.25. The van der Waals surface area contributed by atoms with Gasteiger partial charge in [0.15, 0.2) is 34.5 Å². The first-order valence-electron chi connectivity index (χ1n) is 16.0. The van der Waals surface area contributed by atoms with Crippen molar-refractivity contribution >= 4 is 0 Å². The highest BCUT2D eigenvalue weighted by molar-refractivity contribution is 5.61. The van der Waals surface area contributed by atoms with Gasteiger partial charge in [-0.1, -0.05) is 30.3 Å². The number of likely N-dealkylation sites (N-methyl/N-ethyl adjacent to an activating group) is 2. The average molecular weight is 623 g/mol. The van der Waals surface area contributed by atoms with E-state index in [0.717, 1.165) is 54.6 Å². The van der Waals surface area contributed by atoms with Crippen molar-refractivity contribution in [3.05, 3.63) is 99.6 Å². The summed E-state index contributed by atoms with van der Waals surface area (Å²) in [5.41, 5.74) is 7.79.